The highest BCUT2D eigenvalue weighted by atomic mass is 79.9. The lowest BCUT2D eigenvalue weighted by Gasteiger charge is -2.12. The molecule has 0 aliphatic rings. The van der Waals surface area contributed by atoms with Gasteiger partial charge in [0.2, 0.25) is 10.0 Å². The van der Waals surface area contributed by atoms with E-state index >= 15 is 0 Å². The van der Waals surface area contributed by atoms with Gasteiger partial charge in [-0.1, -0.05) is 15.9 Å². The molecule has 1 unspecified atom stereocenters. The van der Waals surface area contributed by atoms with Crippen LogP contribution in [0.3, 0.4) is 0 Å². The van der Waals surface area contributed by atoms with Crippen LogP contribution in [0.1, 0.15) is 18.7 Å². The van der Waals surface area contributed by atoms with E-state index in [0.717, 1.165) is 6.07 Å². The number of rotatable bonds is 4. The maximum Gasteiger partial charge on any atom is 0.244 e. The van der Waals surface area contributed by atoms with Gasteiger partial charge in [0, 0.05) is 4.47 Å². The van der Waals surface area contributed by atoms with Gasteiger partial charge in [-0.05, 0) is 37.3 Å². The van der Waals surface area contributed by atoms with Gasteiger partial charge < -0.3 is 4.42 Å². The standard InChI is InChI=1S/C12H11BrFNO3S/c1-8(11-3-2-6-18-11)15-19(16,17)12-5-4-9(13)7-10(12)14/h2-8,15H,1H3. The normalized spacial score (nSPS) is 13.4. The molecule has 0 radical (unpaired) electrons. The molecule has 0 bridgehead atoms. The average molecular weight is 348 g/mol. The first-order chi connectivity index (χ1) is 8.90. The molecular weight excluding hydrogens is 337 g/mol. The van der Waals surface area contributed by atoms with Crippen LogP contribution in [0, 0.1) is 5.82 Å². The molecule has 19 heavy (non-hydrogen) atoms. The fourth-order valence-electron chi connectivity index (χ4n) is 1.59. The monoisotopic (exact) mass is 347 g/mol. The van der Waals surface area contributed by atoms with Crippen LogP contribution < -0.4 is 4.72 Å². The largest absolute Gasteiger partial charge is 0.468 e. The number of sulfonamides is 1. The Labute approximate surface area is 118 Å². The summed E-state index contributed by atoms with van der Waals surface area (Å²) in [6, 6.07) is 6.49. The van der Waals surface area contributed by atoms with Crippen LogP contribution in [0.5, 0.6) is 0 Å². The number of furan rings is 1. The number of benzene rings is 1. The minimum Gasteiger partial charge on any atom is -0.468 e. The third kappa shape index (κ3) is 3.23. The summed E-state index contributed by atoms with van der Waals surface area (Å²) in [5.41, 5.74) is 0. The van der Waals surface area contributed by atoms with Gasteiger partial charge in [0.05, 0.1) is 12.3 Å². The molecule has 7 heteroatoms. The van der Waals surface area contributed by atoms with Crippen molar-refractivity contribution in [1.29, 1.82) is 0 Å². The van der Waals surface area contributed by atoms with E-state index < -0.39 is 26.8 Å². The van der Waals surface area contributed by atoms with Crippen molar-refractivity contribution in [3.8, 4) is 0 Å². The van der Waals surface area contributed by atoms with Crippen LogP contribution in [-0.4, -0.2) is 8.42 Å². The summed E-state index contributed by atoms with van der Waals surface area (Å²) in [6.07, 6.45) is 1.44. The minimum atomic E-state index is -3.94. The van der Waals surface area contributed by atoms with E-state index in [1.54, 1.807) is 19.1 Å². The molecule has 0 spiro atoms. The first kappa shape index (κ1) is 14.2. The predicted molar refractivity (Wildman–Crippen MR) is 71.5 cm³/mol. The first-order valence-corrected chi connectivity index (χ1v) is 7.68. The molecule has 4 nitrogen and oxygen atoms in total. The minimum absolute atomic E-state index is 0.394. The van der Waals surface area contributed by atoms with Crippen LogP contribution >= 0.6 is 15.9 Å². The molecule has 2 rings (SSSR count). The Morgan fingerprint density at radius 1 is 1.37 bits per heavy atom. The Bertz CT molecular complexity index is 670. The van der Waals surface area contributed by atoms with Crippen LogP contribution in [0.4, 0.5) is 4.39 Å². The summed E-state index contributed by atoms with van der Waals surface area (Å²) in [4.78, 5) is -0.394. The van der Waals surface area contributed by atoms with Gasteiger partial charge in [-0.2, -0.15) is 0 Å². The third-order valence-electron chi connectivity index (χ3n) is 2.49. The van der Waals surface area contributed by atoms with Crippen molar-refractivity contribution >= 4 is 26.0 Å². The maximum absolute atomic E-state index is 13.7. The van der Waals surface area contributed by atoms with E-state index in [0.29, 0.717) is 10.2 Å². The summed E-state index contributed by atoms with van der Waals surface area (Å²) >= 11 is 3.08. The van der Waals surface area contributed by atoms with Crippen LogP contribution in [0.15, 0.2) is 50.4 Å². The summed E-state index contributed by atoms with van der Waals surface area (Å²) in [5, 5.41) is 0. The van der Waals surface area contributed by atoms with Gasteiger partial charge in [-0.3, -0.25) is 0 Å². The van der Waals surface area contributed by atoms with Crippen LogP contribution in [0.25, 0.3) is 0 Å². The highest BCUT2D eigenvalue weighted by Crippen LogP contribution is 2.22. The Morgan fingerprint density at radius 3 is 2.68 bits per heavy atom. The van der Waals surface area contributed by atoms with Crippen LogP contribution in [-0.2, 0) is 10.0 Å². The molecule has 1 atom stereocenters. The smallest absolute Gasteiger partial charge is 0.244 e. The summed E-state index contributed by atoms with van der Waals surface area (Å²) < 4.78 is 45.7. The lowest BCUT2D eigenvalue weighted by molar-refractivity contribution is 0.458. The Balaban J connectivity index is 2.28. The Morgan fingerprint density at radius 2 is 2.11 bits per heavy atom. The van der Waals surface area contributed by atoms with Crippen molar-refractivity contribution in [2.24, 2.45) is 0 Å². The van der Waals surface area contributed by atoms with Crippen molar-refractivity contribution < 1.29 is 17.2 Å². The molecule has 1 heterocycles. The molecular formula is C12H11BrFNO3S. The number of nitrogens with one attached hydrogen (secondary N) is 1. The molecule has 1 aromatic carbocycles. The highest BCUT2D eigenvalue weighted by molar-refractivity contribution is 9.10. The number of hydrogen-bond donors (Lipinski definition) is 1. The van der Waals surface area contributed by atoms with Gasteiger partial charge in [-0.15, -0.1) is 0 Å². The molecule has 0 fully saturated rings. The molecule has 2 aromatic rings. The topological polar surface area (TPSA) is 59.3 Å². The van der Waals surface area contributed by atoms with Crippen molar-refractivity contribution in [3.05, 3.63) is 52.6 Å². The molecule has 0 saturated carbocycles. The summed E-state index contributed by atoms with van der Waals surface area (Å²) in [6.45, 7) is 1.62. The molecule has 1 aromatic heterocycles. The van der Waals surface area contributed by atoms with Crippen molar-refractivity contribution in [3.63, 3.8) is 0 Å². The molecule has 1 N–H and O–H groups in total. The van der Waals surface area contributed by atoms with E-state index in [2.05, 4.69) is 20.7 Å². The van der Waals surface area contributed by atoms with Gasteiger partial charge in [-0.25, -0.2) is 17.5 Å². The van der Waals surface area contributed by atoms with Gasteiger partial charge in [0.15, 0.2) is 0 Å². The fourth-order valence-corrected chi connectivity index (χ4v) is 3.19. The predicted octanol–water partition coefficient (Wildman–Crippen LogP) is 3.22. The Hall–Kier alpha value is -1.18. The van der Waals surface area contributed by atoms with Gasteiger partial charge in [0.25, 0.3) is 0 Å². The molecule has 0 aliphatic carbocycles. The van der Waals surface area contributed by atoms with Crippen LogP contribution in [0.2, 0.25) is 0 Å². The second-order valence-corrected chi connectivity index (χ2v) is 6.53. The first-order valence-electron chi connectivity index (χ1n) is 5.41. The zero-order valence-electron chi connectivity index (χ0n) is 9.93. The highest BCUT2D eigenvalue weighted by Gasteiger charge is 2.23. The molecule has 0 aliphatic heterocycles. The Kier molecular flexibility index (Phi) is 4.07. The summed E-state index contributed by atoms with van der Waals surface area (Å²) in [5.74, 6) is -0.352. The fraction of sp³-hybridized carbons (Fsp3) is 0.167. The van der Waals surface area contributed by atoms with Gasteiger partial charge in [0.1, 0.15) is 16.5 Å². The average Bonchev–Trinajstić information content (AvgIpc) is 2.80. The molecule has 0 amide bonds. The number of halogens is 2. The van der Waals surface area contributed by atoms with Crippen molar-refractivity contribution in [1.82, 2.24) is 4.72 Å². The maximum atomic E-state index is 13.7. The molecule has 0 saturated heterocycles. The second kappa shape index (κ2) is 5.44. The van der Waals surface area contributed by atoms with Gasteiger partial charge >= 0.3 is 0 Å². The molecule has 102 valence electrons. The van der Waals surface area contributed by atoms with E-state index in [9.17, 15) is 12.8 Å². The third-order valence-corrected chi connectivity index (χ3v) is 4.55. The SMILES string of the molecule is CC(NS(=O)(=O)c1ccc(Br)cc1F)c1ccco1. The van der Waals surface area contributed by atoms with Crippen molar-refractivity contribution in [2.45, 2.75) is 17.9 Å². The van der Waals surface area contributed by atoms with E-state index in [4.69, 9.17) is 4.42 Å². The summed E-state index contributed by atoms with van der Waals surface area (Å²) in [7, 11) is -3.94. The van der Waals surface area contributed by atoms with E-state index in [1.165, 1.54) is 18.4 Å². The lowest BCUT2D eigenvalue weighted by Crippen LogP contribution is -2.27. The zero-order valence-corrected chi connectivity index (χ0v) is 12.3. The second-order valence-electron chi connectivity index (χ2n) is 3.93. The lowest BCUT2D eigenvalue weighted by atomic mass is 10.3. The quantitative estimate of drug-likeness (QED) is 0.923. The van der Waals surface area contributed by atoms with Crippen molar-refractivity contribution in [2.75, 3.05) is 0 Å². The van der Waals surface area contributed by atoms with E-state index in [1.807, 2.05) is 0 Å². The number of hydrogen-bond acceptors (Lipinski definition) is 3. The zero-order chi connectivity index (χ0) is 14.0. The van der Waals surface area contributed by atoms with E-state index in [-0.39, 0.29) is 0 Å².